The van der Waals surface area contributed by atoms with Crippen LogP contribution in [-0.2, 0) is 4.79 Å². The lowest BCUT2D eigenvalue weighted by molar-refractivity contribution is -0.118. The second-order valence-corrected chi connectivity index (χ2v) is 9.47. The van der Waals surface area contributed by atoms with Crippen molar-refractivity contribution in [3.63, 3.8) is 0 Å². The van der Waals surface area contributed by atoms with Crippen LogP contribution < -0.4 is 29.6 Å². The van der Waals surface area contributed by atoms with Crippen molar-refractivity contribution in [1.29, 1.82) is 0 Å². The van der Waals surface area contributed by atoms with Gasteiger partial charge < -0.3 is 24.3 Å². The molecule has 0 unspecified atom stereocenters. The van der Waals surface area contributed by atoms with Crippen LogP contribution in [0, 0.1) is 6.92 Å². The van der Waals surface area contributed by atoms with Crippen LogP contribution in [0.25, 0.3) is 11.3 Å². The third-order valence-electron chi connectivity index (χ3n) is 5.61. The number of carbonyl (C=O) groups is 2. The highest BCUT2D eigenvalue weighted by molar-refractivity contribution is 7.16. The molecule has 0 radical (unpaired) electrons. The van der Waals surface area contributed by atoms with Crippen molar-refractivity contribution in [3.8, 4) is 34.3 Å². The lowest BCUT2D eigenvalue weighted by Crippen LogP contribution is -2.20. The van der Waals surface area contributed by atoms with Gasteiger partial charge in [-0.05, 0) is 80.6 Å². The number of amides is 2. The predicted molar refractivity (Wildman–Crippen MR) is 152 cm³/mol. The van der Waals surface area contributed by atoms with Crippen molar-refractivity contribution in [1.82, 2.24) is 4.98 Å². The van der Waals surface area contributed by atoms with Crippen molar-refractivity contribution in [3.05, 3.63) is 77.2 Å². The molecule has 10 heteroatoms. The summed E-state index contributed by atoms with van der Waals surface area (Å²) < 4.78 is 21.7. The average molecular weight is 548 g/mol. The summed E-state index contributed by atoms with van der Waals surface area (Å²) in [7, 11) is 3.08. The molecule has 9 nitrogen and oxygen atoms in total. The Morgan fingerprint density at radius 3 is 2.23 bits per heavy atom. The number of hydrogen-bond acceptors (Lipinski definition) is 8. The maximum Gasteiger partial charge on any atom is 0.262 e. The van der Waals surface area contributed by atoms with E-state index in [0.29, 0.717) is 34.5 Å². The third-order valence-corrected chi connectivity index (χ3v) is 6.50. The molecule has 39 heavy (non-hydrogen) atoms. The summed E-state index contributed by atoms with van der Waals surface area (Å²) in [6, 6.07) is 19.4. The number of ether oxygens (including phenoxy) is 4. The van der Waals surface area contributed by atoms with Crippen molar-refractivity contribution in [2.75, 3.05) is 38.1 Å². The summed E-state index contributed by atoms with van der Waals surface area (Å²) in [4.78, 5) is 30.9. The minimum Gasteiger partial charge on any atom is -0.497 e. The van der Waals surface area contributed by atoms with Gasteiger partial charge >= 0.3 is 0 Å². The second-order valence-electron chi connectivity index (χ2n) is 8.27. The largest absolute Gasteiger partial charge is 0.497 e. The first kappa shape index (κ1) is 27.5. The minimum absolute atomic E-state index is 0.234. The number of nitrogens with one attached hydrogen (secondary N) is 2. The maximum atomic E-state index is 12.9. The van der Waals surface area contributed by atoms with E-state index in [1.807, 2.05) is 38.1 Å². The monoisotopic (exact) mass is 547 g/mol. The number of aromatic nitrogens is 1. The third kappa shape index (κ3) is 7.05. The number of rotatable bonds is 11. The molecule has 4 rings (SSSR count). The zero-order valence-electron chi connectivity index (χ0n) is 22.1. The number of nitrogens with zero attached hydrogens (tertiary/aromatic N) is 1. The molecule has 0 aliphatic carbocycles. The van der Waals surface area contributed by atoms with Gasteiger partial charge in [0.05, 0.1) is 26.5 Å². The fourth-order valence-corrected chi connectivity index (χ4v) is 4.54. The summed E-state index contributed by atoms with van der Waals surface area (Å²) in [6.45, 7) is 4.19. The highest BCUT2D eigenvalue weighted by Gasteiger charge is 2.16. The van der Waals surface area contributed by atoms with Crippen LogP contribution >= 0.6 is 11.3 Å². The van der Waals surface area contributed by atoms with Crippen LogP contribution in [0.2, 0.25) is 0 Å². The Bertz CT molecular complexity index is 1430. The first-order valence-electron chi connectivity index (χ1n) is 12.2. The van der Waals surface area contributed by atoms with Gasteiger partial charge in [0.2, 0.25) is 0 Å². The minimum atomic E-state index is -0.344. The molecule has 0 spiro atoms. The van der Waals surface area contributed by atoms with Crippen molar-refractivity contribution < 1.29 is 28.5 Å². The Morgan fingerprint density at radius 1 is 0.846 bits per heavy atom. The van der Waals surface area contributed by atoms with Crippen molar-refractivity contribution >= 4 is 34.0 Å². The van der Waals surface area contributed by atoms with E-state index in [2.05, 4.69) is 15.6 Å². The highest BCUT2D eigenvalue weighted by Crippen LogP contribution is 2.32. The zero-order valence-corrected chi connectivity index (χ0v) is 22.9. The molecule has 0 saturated carbocycles. The van der Waals surface area contributed by atoms with Gasteiger partial charge in [0, 0.05) is 21.7 Å². The highest BCUT2D eigenvalue weighted by atomic mass is 32.1. The van der Waals surface area contributed by atoms with Gasteiger partial charge in [0.25, 0.3) is 11.8 Å². The number of hydrogen-bond donors (Lipinski definition) is 2. The van der Waals surface area contributed by atoms with Gasteiger partial charge in [-0.25, -0.2) is 4.98 Å². The van der Waals surface area contributed by atoms with Gasteiger partial charge in [-0.3, -0.25) is 14.9 Å². The number of carbonyl (C=O) groups excluding carboxylic acids is 2. The molecule has 0 aliphatic rings. The fourth-order valence-electron chi connectivity index (χ4n) is 3.71. The molecule has 202 valence electrons. The standard InChI is InChI=1S/C29H29N3O6S/c1-5-37-23-13-9-21(10-14-23)30-26(33)17-38-24-15-8-20(16-25(24)36-4)28(34)32-29-31-27(18(2)39-29)19-6-11-22(35-3)12-7-19/h6-16H,5,17H2,1-4H3,(H,30,33)(H,31,32,34). The van der Waals surface area contributed by atoms with E-state index in [4.69, 9.17) is 18.9 Å². The summed E-state index contributed by atoms with van der Waals surface area (Å²) in [6.07, 6.45) is 0. The van der Waals surface area contributed by atoms with E-state index in [0.717, 1.165) is 27.6 Å². The second kappa shape index (κ2) is 12.8. The number of methoxy groups -OCH3 is 2. The molecule has 0 aliphatic heterocycles. The molecule has 2 amide bonds. The van der Waals surface area contributed by atoms with Crippen molar-refractivity contribution in [2.24, 2.45) is 0 Å². The van der Waals surface area contributed by atoms with Crippen LogP contribution in [0.3, 0.4) is 0 Å². The summed E-state index contributed by atoms with van der Waals surface area (Å²) in [5.74, 6) is 1.46. The lowest BCUT2D eigenvalue weighted by Gasteiger charge is -2.12. The zero-order chi connectivity index (χ0) is 27.8. The smallest absolute Gasteiger partial charge is 0.262 e. The number of anilines is 2. The first-order valence-corrected chi connectivity index (χ1v) is 13.0. The summed E-state index contributed by atoms with van der Waals surface area (Å²) in [5.41, 5.74) is 2.71. The average Bonchev–Trinajstić information content (AvgIpc) is 3.32. The molecular formula is C29H29N3O6S. The molecule has 1 heterocycles. The van der Waals surface area contributed by atoms with E-state index < -0.39 is 0 Å². The van der Waals surface area contributed by atoms with E-state index in [1.165, 1.54) is 18.4 Å². The van der Waals surface area contributed by atoms with Crippen LogP contribution in [0.4, 0.5) is 10.8 Å². The summed E-state index contributed by atoms with van der Waals surface area (Å²) >= 11 is 1.39. The molecule has 0 saturated heterocycles. The van der Waals surface area contributed by atoms with E-state index in [9.17, 15) is 9.59 Å². The van der Waals surface area contributed by atoms with E-state index >= 15 is 0 Å². The lowest BCUT2D eigenvalue weighted by atomic mass is 10.1. The van der Waals surface area contributed by atoms with Crippen LogP contribution in [0.1, 0.15) is 22.2 Å². The topological polar surface area (TPSA) is 108 Å². The molecule has 3 aromatic carbocycles. The Hall–Kier alpha value is -4.57. The Kier molecular flexibility index (Phi) is 9.01. The van der Waals surface area contributed by atoms with E-state index in [-0.39, 0.29) is 18.4 Å². The molecule has 4 aromatic rings. The molecule has 1 aromatic heterocycles. The number of benzene rings is 3. The SMILES string of the molecule is CCOc1ccc(NC(=O)COc2ccc(C(=O)Nc3nc(-c4ccc(OC)cc4)c(C)s3)cc2OC)cc1. The summed E-state index contributed by atoms with van der Waals surface area (Å²) in [5, 5.41) is 6.09. The van der Waals surface area contributed by atoms with Gasteiger partial charge in [-0.2, -0.15) is 0 Å². The fraction of sp³-hybridized carbons (Fsp3) is 0.207. The molecular weight excluding hydrogens is 518 g/mol. The van der Waals surface area contributed by atoms with Crippen LogP contribution in [-0.4, -0.2) is 44.2 Å². The van der Waals surface area contributed by atoms with Gasteiger partial charge in [-0.15, -0.1) is 11.3 Å². The van der Waals surface area contributed by atoms with Crippen LogP contribution in [0.15, 0.2) is 66.7 Å². The van der Waals surface area contributed by atoms with Gasteiger partial charge in [0.1, 0.15) is 11.5 Å². The quantitative estimate of drug-likeness (QED) is 0.244. The Morgan fingerprint density at radius 2 is 1.56 bits per heavy atom. The predicted octanol–water partition coefficient (Wildman–Crippen LogP) is 5.80. The van der Waals surface area contributed by atoms with Crippen molar-refractivity contribution in [2.45, 2.75) is 13.8 Å². The molecule has 2 N–H and O–H groups in total. The Balaban J connectivity index is 1.37. The first-order chi connectivity index (χ1) is 18.9. The number of aryl methyl sites for hydroxylation is 1. The molecule has 0 bridgehead atoms. The van der Waals surface area contributed by atoms with Gasteiger partial charge in [0.15, 0.2) is 23.2 Å². The molecule has 0 atom stereocenters. The Labute approximate surface area is 230 Å². The normalized spacial score (nSPS) is 10.5. The van der Waals surface area contributed by atoms with Crippen LogP contribution in [0.5, 0.6) is 23.0 Å². The van der Waals surface area contributed by atoms with Gasteiger partial charge in [-0.1, -0.05) is 0 Å². The molecule has 0 fully saturated rings. The maximum absolute atomic E-state index is 12.9. The number of thiazole rings is 1. The van der Waals surface area contributed by atoms with E-state index in [1.54, 1.807) is 49.6 Å².